The van der Waals surface area contributed by atoms with Gasteiger partial charge in [-0.1, -0.05) is 48.5 Å². The summed E-state index contributed by atoms with van der Waals surface area (Å²) in [7, 11) is 0. The summed E-state index contributed by atoms with van der Waals surface area (Å²) in [5.74, 6) is -1.61. The zero-order valence-corrected chi connectivity index (χ0v) is 17.4. The van der Waals surface area contributed by atoms with Crippen LogP contribution in [0, 0.1) is 0 Å². The molecule has 0 spiro atoms. The fourth-order valence-electron chi connectivity index (χ4n) is 3.86. The minimum absolute atomic E-state index is 0.00609. The van der Waals surface area contributed by atoms with E-state index in [4.69, 9.17) is 0 Å². The van der Waals surface area contributed by atoms with Crippen LogP contribution in [0.1, 0.15) is 23.7 Å². The number of fused-ring (bicyclic) bond motifs is 1. The predicted molar refractivity (Wildman–Crippen MR) is 118 cm³/mol. The van der Waals surface area contributed by atoms with Gasteiger partial charge in [-0.05, 0) is 29.8 Å². The molecule has 0 saturated carbocycles. The number of para-hydroxylation sites is 2. The van der Waals surface area contributed by atoms with Gasteiger partial charge >= 0.3 is 6.18 Å². The monoisotopic (exact) mass is 454 g/mol. The topological polar surface area (TPSA) is 74.3 Å². The number of nitrogens with zero attached hydrogens (tertiary/aromatic N) is 2. The molecule has 3 aromatic rings. The molecule has 9 heteroatoms. The maximum absolute atomic E-state index is 13.9. The number of carbonyl (C=O) groups excluding carboxylic acids is 2. The first-order chi connectivity index (χ1) is 15.8. The van der Waals surface area contributed by atoms with E-state index in [-0.39, 0.29) is 11.4 Å². The first-order valence-electron chi connectivity index (χ1n) is 10.3. The van der Waals surface area contributed by atoms with E-state index in [2.05, 4.69) is 15.6 Å². The van der Waals surface area contributed by atoms with E-state index in [1.54, 1.807) is 30.5 Å². The van der Waals surface area contributed by atoms with Gasteiger partial charge in [0, 0.05) is 6.20 Å². The van der Waals surface area contributed by atoms with Gasteiger partial charge in [-0.2, -0.15) is 13.2 Å². The lowest BCUT2D eigenvalue weighted by molar-refractivity contribution is -0.157. The van der Waals surface area contributed by atoms with E-state index in [0.717, 1.165) is 5.56 Å². The molecule has 0 saturated heterocycles. The number of halogens is 3. The summed E-state index contributed by atoms with van der Waals surface area (Å²) in [4.78, 5) is 30.4. The number of alkyl halides is 3. The Morgan fingerprint density at radius 3 is 2.45 bits per heavy atom. The number of benzene rings is 2. The number of nitrogens with one attached hydrogen (secondary N) is 2. The lowest BCUT2D eigenvalue weighted by Crippen LogP contribution is -2.52. The smallest absolute Gasteiger partial charge is 0.324 e. The van der Waals surface area contributed by atoms with Crippen molar-refractivity contribution in [2.45, 2.75) is 24.7 Å². The largest absolute Gasteiger partial charge is 0.409 e. The maximum atomic E-state index is 13.9. The first kappa shape index (κ1) is 22.5. The second-order valence-corrected chi connectivity index (χ2v) is 7.57. The average molecular weight is 454 g/mol. The number of hydrogen-bond donors (Lipinski definition) is 2. The molecule has 6 nitrogen and oxygen atoms in total. The Kier molecular flexibility index (Phi) is 6.41. The van der Waals surface area contributed by atoms with E-state index in [0.29, 0.717) is 10.6 Å². The molecule has 2 aromatic carbocycles. The predicted octanol–water partition coefficient (Wildman–Crippen LogP) is 4.07. The van der Waals surface area contributed by atoms with Crippen molar-refractivity contribution in [3.63, 3.8) is 0 Å². The molecule has 0 aliphatic carbocycles. The molecule has 1 aliphatic rings. The van der Waals surface area contributed by atoms with Gasteiger partial charge in [0.15, 0.2) is 0 Å². The molecule has 4 rings (SSSR count). The van der Waals surface area contributed by atoms with E-state index < -0.39 is 43.0 Å². The van der Waals surface area contributed by atoms with Crippen molar-refractivity contribution < 1.29 is 22.8 Å². The van der Waals surface area contributed by atoms with Crippen LogP contribution in [0.25, 0.3) is 0 Å². The lowest BCUT2D eigenvalue weighted by Gasteiger charge is -2.32. The minimum Gasteiger partial charge on any atom is -0.324 e. The molecule has 1 aliphatic heterocycles. The van der Waals surface area contributed by atoms with Gasteiger partial charge < -0.3 is 5.32 Å². The second kappa shape index (κ2) is 9.41. The molecule has 2 amide bonds. The highest BCUT2D eigenvalue weighted by Gasteiger charge is 2.48. The molecule has 0 radical (unpaired) electrons. The Hall–Kier alpha value is -3.72. The van der Waals surface area contributed by atoms with Crippen molar-refractivity contribution in [2.75, 3.05) is 16.8 Å². The van der Waals surface area contributed by atoms with Crippen molar-refractivity contribution in [1.82, 2.24) is 10.3 Å². The van der Waals surface area contributed by atoms with E-state index in [1.165, 1.54) is 18.2 Å². The normalized spacial score (nSPS) is 17.0. The number of pyridine rings is 1. The van der Waals surface area contributed by atoms with Crippen molar-refractivity contribution >= 4 is 23.2 Å². The van der Waals surface area contributed by atoms with Crippen LogP contribution >= 0.6 is 0 Å². The molecular weight excluding hydrogens is 433 g/mol. The van der Waals surface area contributed by atoms with Crippen LogP contribution in [0.15, 0.2) is 79.0 Å². The van der Waals surface area contributed by atoms with Gasteiger partial charge in [-0.25, -0.2) is 0 Å². The Balaban J connectivity index is 1.65. The third kappa shape index (κ3) is 5.04. The van der Waals surface area contributed by atoms with Crippen LogP contribution in [0.3, 0.4) is 0 Å². The average Bonchev–Trinajstić information content (AvgIpc) is 2.96. The highest BCUT2D eigenvalue weighted by Crippen LogP contribution is 2.37. The van der Waals surface area contributed by atoms with Crippen molar-refractivity contribution in [2.24, 2.45) is 0 Å². The maximum Gasteiger partial charge on any atom is 0.409 e. The Morgan fingerprint density at radius 1 is 1.06 bits per heavy atom. The molecule has 0 fully saturated rings. The van der Waals surface area contributed by atoms with Gasteiger partial charge in [0.2, 0.25) is 11.8 Å². The summed E-state index contributed by atoms with van der Waals surface area (Å²) in [6, 6.07) is 17.7. The van der Waals surface area contributed by atoms with Gasteiger partial charge in [-0.3, -0.25) is 24.8 Å². The lowest BCUT2D eigenvalue weighted by atomic mass is 10.0. The summed E-state index contributed by atoms with van der Waals surface area (Å²) in [5, 5.41) is 5.52. The van der Waals surface area contributed by atoms with E-state index in [9.17, 15) is 22.8 Å². The highest BCUT2D eigenvalue weighted by molar-refractivity contribution is 6.05. The van der Waals surface area contributed by atoms with Crippen LogP contribution < -0.4 is 15.5 Å². The number of anilines is 2. The SMILES string of the molecule is O=C1C[C@H](C(F)(F)F)N(C(=O)CN[C@H](c2ccccc2)c2ccccn2)c2ccccc2N1. The molecular formula is C24H21F3N4O2. The van der Waals surface area contributed by atoms with Gasteiger partial charge in [0.1, 0.15) is 6.04 Å². The Labute approximate surface area is 188 Å². The Morgan fingerprint density at radius 2 is 1.76 bits per heavy atom. The van der Waals surface area contributed by atoms with Gasteiger partial charge in [0.25, 0.3) is 0 Å². The standard InChI is InChI=1S/C24H21F3N4O2/c25-24(26,27)20-14-21(32)30-17-10-4-5-12-19(17)31(20)22(33)15-29-23(16-8-2-1-3-9-16)18-11-6-7-13-28-18/h1-13,20,23,29H,14-15H2,(H,30,32)/t20-,23-/m1/s1. The zero-order chi connectivity index (χ0) is 23.4. The fourth-order valence-corrected chi connectivity index (χ4v) is 3.86. The van der Waals surface area contributed by atoms with Crippen molar-refractivity contribution in [3.8, 4) is 0 Å². The minimum atomic E-state index is -4.79. The number of hydrogen-bond acceptors (Lipinski definition) is 4. The fraction of sp³-hybridized carbons (Fsp3) is 0.208. The summed E-state index contributed by atoms with van der Waals surface area (Å²) in [6.07, 6.45) is -4.06. The molecule has 2 N–H and O–H groups in total. The number of rotatable bonds is 5. The second-order valence-electron chi connectivity index (χ2n) is 7.57. The number of aromatic nitrogens is 1. The first-order valence-corrected chi connectivity index (χ1v) is 10.3. The molecule has 1 aromatic heterocycles. The molecule has 33 heavy (non-hydrogen) atoms. The summed E-state index contributed by atoms with van der Waals surface area (Å²) >= 11 is 0. The summed E-state index contributed by atoms with van der Waals surface area (Å²) < 4.78 is 41.8. The molecule has 170 valence electrons. The van der Waals surface area contributed by atoms with Crippen LogP contribution in [-0.4, -0.2) is 35.6 Å². The highest BCUT2D eigenvalue weighted by atomic mass is 19.4. The van der Waals surface area contributed by atoms with Crippen LogP contribution in [0.2, 0.25) is 0 Å². The van der Waals surface area contributed by atoms with Crippen molar-refractivity contribution in [3.05, 3.63) is 90.3 Å². The third-order valence-corrected chi connectivity index (χ3v) is 5.35. The molecule has 2 heterocycles. The van der Waals surface area contributed by atoms with E-state index in [1.807, 2.05) is 30.3 Å². The third-order valence-electron chi connectivity index (χ3n) is 5.35. The molecule has 0 unspecified atom stereocenters. The zero-order valence-electron chi connectivity index (χ0n) is 17.4. The van der Waals surface area contributed by atoms with Gasteiger partial charge in [0.05, 0.1) is 36.1 Å². The number of carbonyl (C=O) groups is 2. The van der Waals surface area contributed by atoms with Crippen LogP contribution in [0.4, 0.5) is 24.5 Å². The molecule has 2 atom stereocenters. The quantitative estimate of drug-likeness (QED) is 0.610. The van der Waals surface area contributed by atoms with Gasteiger partial charge in [-0.15, -0.1) is 0 Å². The summed E-state index contributed by atoms with van der Waals surface area (Å²) in [5.41, 5.74) is 1.60. The van der Waals surface area contributed by atoms with Crippen LogP contribution in [0.5, 0.6) is 0 Å². The van der Waals surface area contributed by atoms with Crippen molar-refractivity contribution in [1.29, 1.82) is 0 Å². The molecule has 0 bridgehead atoms. The van der Waals surface area contributed by atoms with E-state index >= 15 is 0 Å². The summed E-state index contributed by atoms with van der Waals surface area (Å²) in [6.45, 7) is -0.398. The Bertz CT molecular complexity index is 1080. The van der Waals surface area contributed by atoms with Crippen LogP contribution in [-0.2, 0) is 9.59 Å². The number of amides is 2.